The lowest BCUT2D eigenvalue weighted by atomic mass is 10.0. The molecular weight excluding hydrogens is 340 g/mol. The van der Waals surface area contributed by atoms with E-state index in [1.165, 1.54) is 0 Å². The minimum absolute atomic E-state index is 0.0145. The van der Waals surface area contributed by atoms with Crippen LogP contribution in [-0.4, -0.2) is 43.4 Å². The lowest BCUT2D eigenvalue weighted by molar-refractivity contribution is -0.126. The third kappa shape index (κ3) is 5.26. The smallest absolute Gasteiger partial charge is 0.224 e. The molecule has 1 fully saturated rings. The number of nitrogens with one attached hydrogen (secondary N) is 1. The van der Waals surface area contributed by atoms with Gasteiger partial charge in [-0.25, -0.2) is 4.98 Å². The predicted octanol–water partition coefficient (Wildman–Crippen LogP) is 2.18. The van der Waals surface area contributed by atoms with Gasteiger partial charge in [0.2, 0.25) is 5.91 Å². The third-order valence-corrected chi connectivity index (χ3v) is 4.74. The maximum Gasteiger partial charge on any atom is 0.224 e. The molecule has 1 saturated heterocycles. The van der Waals surface area contributed by atoms with Gasteiger partial charge in [-0.05, 0) is 24.1 Å². The molecule has 1 aliphatic rings. The number of carbonyl (C=O) groups is 1. The Bertz CT molecular complexity index is 660. The molecule has 1 aliphatic heterocycles. The first-order valence-electron chi connectivity index (χ1n) is 8.23. The van der Waals surface area contributed by atoms with E-state index in [9.17, 15) is 4.79 Å². The molecule has 0 bridgehead atoms. The van der Waals surface area contributed by atoms with Gasteiger partial charge in [-0.15, -0.1) is 11.3 Å². The molecule has 0 saturated carbocycles. The molecule has 2 heterocycles. The number of nitrogens with zero attached hydrogens (tertiary/aromatic N) is 1. The van der Waals surface area contributed by atoms with E-state index < -0.39 is 0 Å². The second kappa shape index (κ2) is 8.94. The van der Waals surface area contributed by atoms with Gasteiger partial charge in [-0.1, -0.05) is 12.1 Å². The van der Waals surface area contributed by atoms with Crippen molar-refractivity contribution >= 4 is 17.2 Å². The maximum absolute atomic E-state index is 12.4. The Balaban J connectivity index is 1.52. The summed E-state index contributed by atoms with van der Waals surface area (Å²) in [5.41, 5.74) is 3.63. The van der Waals surface area contributed by atoms with Crippen molar-refractivity contribution in [3.63, 3.8) is 0 Å². The lowest BCUT2D eigenvalue weighted by Gasteiger charge is -2.32. The van der Waals surface area contributed by atoms with E-state index >= 15 is 0 Å². The molecule has 1 N–H and O–H groups in total. The van der Waals surface area contributed by atoms with E-state index in [0.29, 0.717) is 26.2 Å². The molecule has 1 aromatic heterocycles. The van der Waals surface area contributed by atoms with Crippen LogP contribution >= 0.6 is 11.3 Å². The maximum atomic E-state index is 12.4. The molecule has 0 aliphatic carbocycles. The Hall–Kier alpha value is -1.96. The molecule has 2 atom stereocenters. The van der Waals surface area contributed by atoms with Crippen LogP contribution in [0.3, 0.4) is 0 Å². The van der Waals surface area contributed by atoms with Gasteiger partial charge >= 0.3 is 0 Å². The Labute approximate surface area is 151 Å². The summed E-state index contributed by atoms with van der Waals surface area (Å²) in [5.74, 6) is 0.767. The van der Waals surface area contributed by atoms with Crippen LogP contribution in [0.2, 0.25) is 0 Å². The largest absolute Gasteiger partial charge is 0.497 e. The summed E-state index contributed by atoms with van der Waals surface area (Å²) in [6.07, 6.45) is 0.922. The number of amides is 1. The summed E-state index contributed by atoms with van der Waals surface area (Å²) >= 11 is 1.54. The van der Waals surface area contributed by atoms with Gasteiger partial charge in [-0.2, -0.15) is 0 Å². The van der Waals surface area contributed by atoms with Crippen molar-refractivity contribution in [1.29, 1.82) is 0 Å². The zero-order chi connectivity index (χ0) is 17.5. The quantitative estimate of drug-likeness (QED) is 0.818. The highest BCUT2D eigenvalue weighted by molar-refractivity contribution is 7.07. The monoisotopic (exact) mass is 362 g/mol. The van der Waals surface area contributed by atoms with Crippen molar-refractivity contribution in [3.8, 4) is 5.75 Å². The fraction of sp³-hybridized carbons (Fsp3) is 0.444. The highest BCUT2D eigenvalue weighted by Gasteiger charge is 2.28. The molecule has 0 radical (unpaired) electrons. The fourth-order valence-electron chi connectivity index (χ4n) is 2.73. The number of hydrogen-bond donors (Lipinski definition) is 1. The highest BCUT2D eigenvalue weighted by Crippen LogP contribution is 2.15. The molecule has 134 valence electrons. The van der Waals surface area contributed by atoms with Crippen molar-refractivity contribution < 1.29 is 19.0 Å². The summed E-state index contributed by atoms with van der Waals surface area (Å²) in [5, 5.41) is 5.04. The number of hydrogen-bond acceptors (Lipinski definition) is 6. The van der Waals surface area contributed by atoms with Crippen molar-refractivity contribution in [2.75, 3.05) is 20.3 Å². The molecule has 3 rings (SSSR count). The number of ether oxygens (including phenoxy) is 3. The van der Waals surface area contributed by atoms with Gasteiger partial charge in [0, 0.05) is 12.0 Å². The van der Waals surface area contributed by atoms with Crippen LogP contribution in [0.25, 0.3) is 0 Å². The number of aromatic nitrogens is 1. The first kappa shape index (κ1) is 17.8. The van der Waals surface area contributed by atoms with E-state index in [1.54, 1.807) is 24.0 Å². The van der Waals surface area contributed by atoms with Crippen molar-refractivity contribution in [2.45, 2.75) is 31.6 Å². The van der Waals surface area contributed by atoms with Crippen LogP contribution in [0.15, 0.2) is 35.2 Å². The molecular formula is C18H22N2O4S. The molecule has 2 aromatic rings. The summed E-state index contributed by atoms with van der Waals surface area (Å²) in [6.45, 7) is 1.55. The van der Waals surface area contributed by atoms with Gasteiger partial charge in [0.05, 0.1) is 44.0 Å². The summed E-state index contributed by atoms with van der Waals surface area (Å²) in [6, 6.07) is 7.48. The topological polar surface area (TPSA) is 69.7 Å². The first-order valence-corrected chi connectivity index (χ1v) is 9.17. The molecule has 1 aromatic carbocycles. The Morgan fingerprint density at radius 2 is 2.24 bits per heavy atom. The Morgan fingerprint density at radius 1 is 1.40 bits per heavy atom. The minimum Gasteiger partial charge on any atom is -0.497 e. The van der Waals surface area contributed by atoms with Gasteiger partial charge in [0.25, 0.3) is 0 Å². The Kier molecular flexibility index (Phi) is 6.38. The zero-order valence-corrected chi connectivity index (χ0v) is 15.0. The first-order chi connectivity index (χ1) is 12.2. The van der Waals surface area contributed by atoms with Crippen molar-refractivity contribution in [1.82, 2.24) is 10.3 Å². The molecule has 1 amide bonds. The van der Waals surface area contributed by atoms with Gasteiger partial charge in [0.1, 0.15) is 11.9 Å². The number of rotatable bonds is 7. The van der Waals surface area contributed by atoms with Gasteiger partial charge < -0.3 is 19.5 Å². The fourth-order valence-corrected chi connectivity index (χ4v) is 3.27. The molecule has 6 nitrogen and oxygen atoms in total. The van der Waals surface area contributed by atoms with Crippen LogP contribution in [0.1, 0.15) is 17.7 Å². The van der Waals surface area contributed by atoms with E-state index in [1.807, 2.05) is 29.6 Å². The average Bonchev–Trinajstić information content (AvgIpc) is 3.15. The minimum atomic E-state index is -0.157. The van der Waals surface area contributed by atoms with Crippen molar-refractivity contribution in [3.05, 3.63) is 46.4 Å². The SMILES string of the molecule is COc1ccc(CC(=O)N[C@@H]2CCOC[C@H]2OCc2cscn2)cc1. The standard InChI is InChI=1S/C18H22N2O4S/c1-22-15-4-2-13(3-5-15)8-18(21)20-16-6-7-23-10-17(16)24-9-14-11-25-12-19-14/h2-5,11-12,16-17H,6-10H2,1H3,(H,20,21)/t16-,17-/m1/s1. The number of benzene rings is 1. The highest BCUT2D eigenvalue weighted by atomic mass is 32.1. The van der Waals surface area contributed by atoms with E-state index in [0.717, 1.165) is 23.4 Å². The second-order valence-corrected chi connectivity index (χ2v) is 6.61. The number of methoxy groups -OCH3 is 1. The van der Waals surface area contributed by atoms with E-state index in [2.05, 4.69) is 10.3 Å². The van der Waals surface area contributed by atoms with Crippen LogP contribution in [0.4, 0.5) is 0 Å². The van der Waals surface area contributed by atoms with E-state index in [-0.39, 0.29) is 18.1 Å². The predicted molar refractivity (Wildman–Crippen MR) is 94.8 cm³/mol. The summed E-state index contributed by atoms with van der Waals surface area (Å²) in [4.78, 5) is 16.6. The molecule has 7 heteroatoms. The summed E-state index contributed by atoms with van der Waals surface area (Å²) in [7, 11) is 1.62. The van der Waals surface area contributed by atoms with Crippen LogP contribution in [0, 0.1) is 0 Å². The molecule has 0 spiro atoms. The van der Waals surface area contributed by atoms with Crippen LogP contribution in [-0.2, 0) is 27.3 Å². The molecule has 25 heavy (non-hydrogen) atoms. The van der Waals surface area contributed by atoms with Crippen molar-refractivity contribution in [2.24, 2.45) is 0 Å². The normalized spacial score (nSPS) is 20.2. The van der Waals surface area contributed by atoms with Gasteiger partial charge in [-0.3, -0.25) is 4.79 Å². The lowest BCUT2D eigenvalue weighted by Crippen LogP contribution is -2.50. The average molecular weight is 362 g/mol. The van der Waals surface area contributed by atoms with E-state index in [4.69, 9.17) is 14.2 Å². The Morgan fingerprint density at radius 3 is 2.96 bits per heavy atom. The van der Waals surface area contributed by atoms with Gasteiger partial charge in [0.15, 0.2) is 0 Å². The number of carbonyl (C=O) groups excluding carboxylic acids is 1. The molecule has 0 unspecified atom stereocenters. The third-order valence-electron chi connectivity index (χ3n) is 4.10. The summed E-state index contributed by atoms with van der Waals surface area (Å²) < 4.78 is 16.5. The zero-order valence-electron chi connectivity index (χ0n) is 14.1. The second-order valence-electron chi connectivity index (χ2n) is 5.89. The van der Waals surface area contributed by atoms with Crippen LogP contribution in [0.5, 0.6) is 5.75 Å². The van der Waals surface area contributed by atoms with Crippen LogP contribution < -0.4 is 10.1 Å². The number of thiazole rings is 1.